The van der Waals surface area contributed by atoms with E-state index in [1.165, 1.54) is 21.4 Å². The molecule has 0 aliphatic rings. The fourth-order valence-electron chi connectivity index (χ4n) is 1.98. The number of aryl methyl sites for hydroxylation is 1. The minimum Gasteiger partial charge on any atom is -0.399 e. The fourth-order valence-corrected chi connectivity index (χ4v) is 2.22. The zero-order valence-corrected chi connectivity index (χ0v) is 11.9. The Balaban J connectivity index is 2.45. The second-order valence-electron chi connectivity index (χ2n) is 4.57. The van der Waals surface area contributed by atoms with Crippen molar-refractivity contribution in [3.05, 3.63) is 61.9 Å². The molecule has 0 bridgehead atoms. The summed E-state index contributed by atoms with van der Waals surface area (Å²) in [6.45, 7) is 2.69. The Morgan fingerprint density at radius 2 is 2.00 bits per heavy atom. The van der Waals surface area contributed by atoms with Crippen LogP contribution in [-0.4, -0.2) is 9.13 Å². The minimum atomic E-state index is -0.338. The summed E-state index contributed by atoms with van der Waals surface area (Å²) in [7, 11) is 0. The van der Waals surface area contributed by atoms with Gasteiger partial charge in [-0.05, 0) is 24.1 Å². The second-order valence-corrected chi connectivity index (χ2v) is 4.97. The number of nitrogen functional groups attached to an aromatic ring is 1. The van der Waals surface area contributed by atoms with Crippen molar-refractivity contribution in [3.63, 3.8) is 0 Å². The molecule has 0 aliphatic heterocycles. The SMILES string of the molecule is CCCn1ccc(=O)n(Cc2ccc(N)cc2Cl)c1=O. The molecule has 1 aromatic carbocycles. The average molecular weight is 294 g/mol. The quantitative estimate of drug-likeness (QED) is 0.872. The van der Waals surface area contributed by atoms with Gasteiger partial charge in [0.2, 0.25) is 0 Å². The van der Waals surface area contributed by atoms with Crippen molar-refractivity contribution in [1.29, 1.82) is 0 Å². The van der Waals surface area contributed by atoms with E-state index < -0.39 is 0 Å². The second kappa shape index (κ2) is 5.96. The molecule has 2 N–H and O–H groups in total. The van der Waals surface area contributed by atoms with Gasteiger partial charge in [0.1, 0.15) is 0 Å². The normalized spacial score (nSPS) is 10.7. The predicted molar refractivity (Wildman–Crippen MR) is 80.2 cm³/mol. The molecule has 0 atom stereocenters. The zero-order chi connectivity index (χ0) is 14.7. The topological polar surface area (TPSA) is 70.0 Å². The summed E-state index contributed by atoms with van der Waals surface area (Å²) in [5, 5.41) is 0.446. The summed E-state index contributed by atoms with van der Waals surface area (Å²) in [5.74, 6) is 0. The number of aromatic nitrogens is 2. The smallest absolute Gasteiger partial charge is 0.331 e. The van der Waals surface area contributed by atoms with E-state index in [-0.39, 0.29) is 17.8 Å². The van der Waals surface area contributed by atoms with E-state index in [1.807, 2.05) is 6.92 Å². The largest absolute Gasteiger partial charge is 0.399 e. The summed E-state index contributed by atoms with van der Waals surface area (Å²) in [6.07, 6.45) is 2.34. The first kappa shape index (κ1) is 14.4. The standard InChI is InChI=1S/C14H16ClN3O2/c1-2-6-17-7-5-13(19)18(14(17)20)9-10-3-4-11(16)8-12(10)15/h3-5,7-8H,2,6,9,16H2,1H3. The van der Waals surface area contributed by atoms with Gasteiger partial charge in [-0.3, -0.25) is 9.36 Å². The number of anilines is 1. The van der Waals surface area contributed by atoms with Crippen molar-refractivity contribution >= 4 is 17.3 Å². The molecule has 0 aliphatic carbocycles. The fraction of sp³-hybridized carbons (Fsp3) is 0.286. The van der Waals surface area contributed by atoms with E-state index in [1.54, 1.807) is 18.2 Å². The minimum absolute atomic E-state index is 0.140. The van der Waals surface area contributed by atoms with Gasteiger partial charge < -0.3 is 10.3 Å². The molecule has 1 aromatic heterocycles. The molecule has 0 spiro atoms. The van der Waals surface area contributed by atoms with Gasteiger partial charge in [-0.15, -0.1) is 0 Å². The van der Waals surface area contributed by atoms with E-state index >= 15 is 0 Å². The van der Waals surface area contributed by atoms with E-state index in [0.717, 1.165) is 6.42 Å². The Morgan fingerprint density at radius 1 is 1.25 bits per heavy atom. The van der Waals surface area contributed by atoms with Crippen molar-refractivity contribution in [3.8, 4) is 0 Å². The summed E-state index contributed by atoms with van der Waals surface area (Å²) in [5.41, 5.74) is 6.19. The molecule has 0 fully saturated rings. The van der Waals surface area contributed by atoms with E-state index in [9.17, 15) is 9.59 Å². The number of nitrogens with zero attached hydrogens (tertiary/aromatic N) is 2. The Bertz CT molecular complexity index is 734. The van der Waals surface area contributed by atoms with Crippen molar-refractivity contribution in [2.45, 2.75) is 26.4 Å². The number of benzene rings is 1. The molecular formula is C14H16ClN3O2. The molecule has 0 unspecified atom stereocenters. The van der Waals surface area contributed by atoms with Crippen molar-refractivity contribution < 1.29 is 0 Å². The molecule has 6 heteroatoms. The zero-order valence-electron chi connectivity index (χ0n) is 11.2. The van der Waals surface area contributed by atoms with Crippen LogP contribution in [0.1, 0.15) is 18.9 Å². The van der Waals surface area contributed by atoms with Crippen LogP contribution >= 0.6 is 11.6 Å². The number of halogens is 1. The van der Waals surface area contributed by atoms with Gasteiger partial charge in [0, 0.05) is 29.5 Å². The Labute approximate surface area is 121 Å². The number of nitrogens with two attached hydrogens (primary N) is 1. The maximum Gasteiger partial charge on any atom is 0.331 e. The van der Waals surface area contributed by atoms with Crippen LogP contribution in [0.2, 0.25) is 5.02 Å². The molecular weight excluding hydrogens is 278 g/mol. The van der Waals surface area contributed by atoms with Crippen LogP contribution in [0.25, 0.3) is 0 Å². The number of hydrogen-bond donors (Lipinski definition) is 1. The lowest BCUT2D eigenvalue weighted by Gasteiger charge is -2.10. The number of rotatable bonds is 4. The molecule has 106 valence electrons. The van der Waals surface area contributed by atoms with E-state index in [4.69, 9.17) is 17.3 Å². The summed E-state index contributed by atoms with van der Waals surface area (Å²) in [6, 6.07) is 6.41. The Hall–Kier alpha value is -2.01. The molecule has 2 aromatic rings. The van der Waals surface area contributed by atoms with Crippen molar-refractivity contribution in [2.75, 3.05) is 5.73 Å². The first-order valence-corrected chi connectivity index (χ1v) is 6.75. The third kappa shape index (κ3) is 2.93. The van der Waals surface area contributed by atoms with Crippen LogP contribution in [0.5, 0.6) is 0 Å². The highest BCUT2D eigenvalue weighted by atomic mass is 35.5. The van der Waals surface area contributed by atoms with Crippen LogP contribution in [-0.2, 0) is 13.1 Å². The molecule has 2 rings (SSSR count). The van der Waals surface area contributed by atoms with Gasteiger partial charge in [0.25, 0.3) is 5.56 Å². The molecule has 0 radical (unpaired) electrons. The highest BCUT2D eigenvalue weighted by Gasteiger charge is 2.08. The van der Waals surface area contributed by atoms with Gasteiger partial charge in [-0.1, -0.05) is 24.6 Å². The van der Waals surface area contributed by atoms with E-state index in [2.05, 4.69) is 0 Å². The lowest BCUT2D eigenvalue weighted by Crippen LogP contribution is -2.39. The summed E-state index contributed by atoms with van der Waals surface area (Å²) < 4.78 is 2.69. The van der Waals surface area contributed by atoms with Gasteiger partial charge >= 0.3 is 5.69 Å². The van der Waals surface area contributed by atoms with Gasteiger partial charge in [0.05, 0.1) is 6.54 Å². The lowest BCUT2D eigenvalue weighted by atomic mass is 10.2. The van der Waals surface area contributed by atoms with Crippen LogP contribution < -0.4 is 17.0 Å². The van der Waals surface area contributed by atoms with Gasteiger partial charge in [-0.2, -0.15) is 0 Å². The Morgan fingerprint density at radius 3 is 2.65 bits per heavy atom. The molecule has 0 saturated heterocycles. The third-order valence-corrected chi connectivity index (χ3v) is 3.36. The molecule has 5 nitrogen and oxygen atoms in total. The molecule has 0 amide bonds. The monoisotopic (exact) mass is 293 g/mol. The van der Waals surface area contributed by atoms with Gasteiger partial charge in [-0.25, -0.2) is 4.79 Å². The predicted octanol–water partition coefficient (Wildman–Crippen LogP) is 1.70. The van der Waals surface area contributed by atoms with Crippen molar-refractivity contribution in [1.82, 2.24) is 9.13 Å². The average Bonchev–Trinajstić information content (AvgIpc) is 2.40. The first-order valence-electron chi connectivity index (χ1n) is 6.37. The summed E-state index contributed by atoms with van der Waals surface area (Å²) >= 11 is 6.08. The van der Waals surface area contributed by atoms with Gasteiger partial charge in [0.15, 0.2) is 0 Å². The highest BCUT2D eigenvalue weighted by Crippen LogP contribution is 2.19. The van der Waals surface area contributed by atoms with Crippen LogP contribution in [0, 0.1) is 0 Å². The van der Waals surface area contributed by atoms with Crippen molar-refractivity contribution in [2.24, 2.45) is 0 Å². The number of hydrogen-bond acceptors (Lipinski definition) is 3. The first-order chi connectivity index (χ1) is 9.52. The third-order valence-electron chi connectivity index (χ3n) is 3.01. The molecule has 1 heterocycles. The maximum absolute atomic E-state index is 12.2. The van der Waals surface area contributed by atoms with Crippen LogP contribution in [0.15, 0.2) is 40.1 Å². The maximum atomic E-state index is 12.2. The highest BCUT2D eigenvalue weighted by molar-refractivity contribution is 6.31. The van der Waals surface area contributed by atoms with E-state index in [0.29, 0.717) is 22.8 Å². The molecule has 20 heavy (non-hydrogen) atoms. The molecule has 0 saturated carbocycles. The Kier molecular flexibility index (Phi) is 4.29. The lowest BCUT2D eigenvalue weighted by molar-refractivity contribution is 0.571. The van der Waals surface area contributed by atoms with Crippen LogP contribution in [0.4, 0.5) is 5.69 Å². The summed E-state index contributed by atoms with van der Waals surface area (Å²) in [4.78, 5) is 24.1. The van der Waals surface area contributed by atoms with Crippen LogP contribution in [0.3, 0.4) is 0 Å².